The van der Waals surface area contributed by atoms with Crippen molar-refractivity contribution in [1.82, 2.24) is 9.88 Å². The summed E-state index contributed by atoms with van der Waals surface area (Å²) in [6.45, 7) is 0. The SMILES string of the molecule is CN(C)C(=S)O/N=C(/c1ccccc1)c1cccnc1. The molecule has 0 aliphatic carbocycles. The second kappa shape index (κ2) is 6.77. The van der Waals surface area contributed by atoms with E-state index in [-0.39, 0.29) is 0 Å². The molecule has 0 amide bonds. The third kappa shape index (κ3) is 3.61. The van der Waals surface area contributed by atoms with Gasteiger partial charge in [0.1, 0.15) is 5.71 Å². The summed E-state index contributed by atoms with van der Waals surface area (Å²) < 4.78 is 0. The Hall–Kier alpha value is -2.27. The van der Waals surface area contributed by atoms with Gasteiger partial charge in [-0.1, -0.05) is 35.5 Å². The molecule has 1 heterocycles. The fraction of sp³-hybridized carbons (Fsp3) is 0.133. The van der Waals surface area contributed by atoms with E-state index in [1.165, 1.54) is 0 Å². The Morgan fingerprint density at radius 2 is 1.80 bits per heavy atom. The van der Waals surface area contributed by atoms with Crippen molar-refractivity contribution in [3.05, 3.63) is 66.0 Å². The van der Waals surface area contributed by atoms with E-state index >= 15 is 0 Å². The van der Waals surface area contributed by atoms with Crippen molar-refractivity contribution in [3.63, 3.8) is 0 Å². The van der Waals surface area contributed by atoms with Crippen LogP contribution in [0.1, 0.15) is 11.1 Å². The third-order valence-corrected chi connectivity index (χ3v) is 3.00. The number of hydrogen-bond acceptors (Lipinski definition) is 4. The molecule has 0 saturated heterocycles. The van der Waals surface area contributed by atoms with Crippen LogP contribution in [0.2, 0.25) is 0 Å². The third-order valence-electron chi connectivity index (χ3n) is 2.56. The molecule has 0 aliphatic rings. The Bertz CT molecular complexity index is 556. The van der Waals surface area contributed by atoms with Crippen LogP contribution in [0.5, 0.6) is 0 Å². The molecule has 1 aromatic heterocycles. The van der Waals surface area contributed by atoms with Crippen LogP contribution < -0.4 is 0 Å². The Morgan fingerprint density at radius 1 is 1.10 bits per heavy atom. The molecule has 0 unspecified atom stereocenters. The zero-order chi connectivity index (χ0) is 14.4. The lowest BCUT2D eigenvalue weighted by atomic mass is 10.0. The summed E-state index contributed by atoms with van der Waals surface area (Å²) in [5, 5.41) is 4.49. The van der Waals surface area contributed by atoms with E-state index in [2.05, 4.69) is 10.1 Å². The molecule has 0 atom stereocenters. The number of thiocarbonyl (C=S) groups is 1. The topological polar surface area (TPSA) is 37.7 Å². The first-order chi connectivity index (χ1) is 9.68. The molecule has 4 nitrogen and oxygen atoms in total. The number of benzene rings is 1. The largest absolute Gasteiger partial charge is 0.337 e. The summed E-state index contributed by atoms with van der Waals surface area (Å²) in [5.41, 5.74) is 2.52. The Labute approximate surface area is 123 Å². The maximum Gasteiger partial charge on any atom is 0.291 e. The fourth-order valence-corrected chi connectivity index (χ4v) is 1.57. The van der Waals surface area contributed by atoms with Gasteiger partial charge in [-0.25, -0.2) is 0 Å². The van der Waals surface area contributed by atoms with E-state index in [4.69, 9.17) is 17.1 Å². The smallest absolute Gasteiger partial charge is 0.291 e. The van der Waals surface area contributed by atoms with Crippen LogP contribution in [0.25, 0.3) is 0 Å². The minimum atomic E-state index is 0.308. The van der Waals surface area contributed by atoms with Gasteiger partial charge in [0.2, 0.25) is 0 Å². The van der Waals surface area contributed by atoms with Gasteiger partial charge in [-0.15, -0.1) is 0 Å². The van der Waals surface area contributed by atoms with Crippen LogP contribution in [0.4, 0.5) is 0 Å². The maximum absolute atomic E-state index is 5.29. The quantitative estimate of drug-likeness (QED) is 0.494. The van der Waals surface area contributed by atoms with Crippen molar-refractivity contribution in [2.24, 2.45) is 5.16 Å². The summed E-state index contributed by atoms with van der Waals surface area (Å²) in [6, 6.07) is 13.6. The van der Waals surface area contributed by atoms with Gasteiger partial charge in [0.25, 0.3) is 5.17 Å². The molecule has 0 saturated carbocycles. The van der Waals surface area contributed by atoms with Crippen molar-refractivity contribution >= 4 is 23.1 Å². The highest BCUT2D eigenvalue weighted by molar-refractivity contribution is 7.79. The number of rotatable bonds is 3. The van der Waals surface area contributed by atoms with E-state index in [9.17, 15) is 0 Å². The normalized spacial score (nSPS) is 11.0. The van der Waals surface area contributed by atoms with Crippen LogP contribution in [0.15, 0.2) is 60.0 Å². The predicted octanol–water partition coefficient (Wildman–Crippen LogP) is 2.70. The van der Waals surface area contributed by atoms with E-state index < -0.39 is 0 Å². The van der Waals surface area contributed by atoms with Crippen LogP contribution in [0.3, 0.4) is 0 Å². The number of pyridine rings is 1. The molecule has 0 bridgehead atoms. The Morgan fingerprint density at radius 3 is 2.40 bits per heavy atom. The van der Waals surface area contributed by atoms with Crippen LogP contribution in [-0.4, -0.2) is 34.9 Å². The lowest BCUT2D eigenvalue weighted by Gasteiger charge is -2.11. The van der Waals surface area contributed by atoms with Crippen LogP contribution in [-0.2, 0) is 4.84 Å². The zero-order valence-corrected chi connectivity index (χ0v) is 12.2. The number of aromatic nitrogens is 1. The number of oxime groups is 1. The average molecular weight is 285 g/mol. The van der Waals surface area contributed by atoms with E-state index in [0.717, 1.165) is 11.1 Å². The summed E-state index contributed by atoms with van der Waals surface area (Å²) in [7, 11) is 3.62. The van der Waals surface area contributed by atoms with Gasteiger partial charge in [-0.2, -0.15) is 0 Å². The van der Waals surface area contributed by atoms with Gasteiger partial charge >= 0.3 is 0 Å². The van der Waals surface area contributed by atoms with Crippen LogP contribution >= 0.6 is 12.2 Å². The lowest BCUT2D eigenvalue weighted by molar-refractivity contribution is 0.287. The highest BCUT2D eigenvalue weighted by atomic mass is 32.1. The molecule has 0 spiro atoms. The second-order valence-corrected chi connectivity index (χ2v) is 4.65. The summed E-state index contributed by atoms with van der Waals surface area (Å²) >= 11 is 5.08. The molecule has 1 aromatic carbocycles. The van der Waals surface area contributed by atoms with Crippen molar-refractivity contribution in [3.8, 4) is 0 Å². The van der Waals surface area contributed by atoms with Crippen molar-refractivity contribution in [1.29, 1.82) is 0 Å². The van der Waals surface area contributed by atoms with Gasteiger partial charge in [0, 0.05) is 37.6 Å². The molecular formula is C15H15N3OS. The van der Waals surface area contributed by atoms with Crippen molar-refractivity contribution in [2.45, 2.75) is 0 Å². The van der Waals surface area contributed by atoms with Gasteiger partial charge < -0.3 is 9.74 Å². The minimum Gasteiger partial charge on any atom is -0.337 e. The van der Waals surface area contributed by atoms with Crippen LogP contribution in [0, 0.1) is 0 Å². The first-order valence-electron chi connectivity index (χ1n) is 6.10. The van der Waals surface area contributed by atoms with Gasteiger partial charge in [-0.3, -0.25) is 4.98 Å². The molecule has 20 heavy (non-hydrogen) atoms. The van der Waals surface area contributed by atoms with E-state index in [0.29, 0.717) is 10.9 Å². The lowest BCUT2D eigenvalue weighted by Crippen LogP contribution is -2.21. The van der Waals surface area contributed by atoms with E-state index in [1.807, 2.05) is 56.6 Å². The maximum atomic E-state index is 5.29. The summed E-state index contributed by atoms with van der Waals surface area (Å²) in [6.07, 6.45) is 3.46. The highest BCUT2D eigenvalue weighted by Crippen LogP contribution is 2.10. The summed E-state index contributed by atoms with van der Waals surface area (Å²) in [5.74, 6) is 0. The average Bonchev–Trinajstić information content (AvgIpc) is 2.49. The summed E-state index contributed by atoms with van der Waals surface area (Å²) in [4.78, 5) is 11.1. The molecule has 0 aliphatic heterocycles. The number of nitrogens with zero attached hydrogens (tertiary/aromatic N) is 3. The molecule has 5 heteroatoms. The van der Waals surface area contributed by atoms with Crippen molar-refractivity contribution < 1.29 is 4.84 Å². The minimum absolute atomic E-state index is 0.308. The first-order valence-corrected chi connectivity index (χ1v) is 6.51. The molecule has 0 fully saturated rings. The zero-order valence-electron chi connectivity index (χ0n) is 11.4. The molecule has 102 valence electrons. The molecule has 0 N–H and O–H groups in total. The fourth-order valence-electron chi connectivity index (χ4n) is 1.54. The Balaban J connectivity index is 2.35. The monoisotopic (exact) mass is 285 g/mol. The second-order valence-electron chi connectivity index (χ2n) is 4.30. The molecule has 2 aromatic rings. The number of hydrogen-bond donors (Lipinski definition) is 0. The Kier molecular flexibility index (Phi) is 4.79. The van der Waals surface area contributed by atoms with E-state index in [1.54, 1.807) is 17.3 Å². The standard InChI is InChI=1S/C15H15N3OS/c1-18(2)15(20)19-17-14(12-7-4-3-5-8-12)13-9-6-10-16-11-13/h3-11H,1-2H3/b17-14-. The predicted molar refractivity (Wildman–Crippen MR) is 83.7 cm³/mol. The molecule has 2 rings (SSSR count). The first kappa shape index (κ1) is 14.1. The van der Waals surface area contributed by atoms with Gasteiger partial charge in [-0.05, 0) is 24.4 Å². The van der Waals surface area contributed by atoms with Crippen molar-refractivity contribution in [2.75, 3.05) is 14.1 Å². The molecular weight excluding hydrogens is 270 g/mol. The highest BCUT2D eigenvalue weighted by Gasteiger charge is 2.09. The molecule has 0 radical (unpaired) electrons. The van der Waals surface area contributed by atoms with Gasteiger partial charge in [0.15, 0.2) is 0 Å². The van der Waals surface area contributed by atoms with Gasteiger partial charge in [0.05, 0.1) is 0 Å².